The van der Waals surface area contributed by atoms with E-state index in [-0.39, 0.29) is 6.61 Å². The van der Waals surface area contributed by atoms with Gasteiger partial charge >= 0.3 is 0 Å². The van der Waals surface area contributed by atoms with Gasteiger partial charge < -0.3 is 9.84 Å². The van der Waals surface area contributed by atoms with Crippen LogP contribution in [0.4, 0.5) is 0 Å². The van der Waals surface area contributed by atoms with E-state index in [1.165, 1.54) is 24.1 Å². The second-order valence-corrected chi connectivity index (χ2v) is 6.43. The summed E-state index contributed by atoms with van der Waals surface area (Å²) in [5.41, 5.74) is 3.63. The Morgan fingerprint density at radius 2 is 2.19 bits per heavy atom. The summed E-state index contributed by atoms with van der Waals surface area (Å²) in [6, 6.07) is 0. The van der Waals surface area contributed by atoms with E-state index < -0.39 is 0 Å². The number of ether oxygens (including phenoxy) is 1. The number of aryl methyl sites for hydroxylation is 1. The maximum absolute atomic E-state index is 9.11. The largest absolute Gasteiger partial charge is 0.394 e. The minimum atomic E-state index is 0.145. The molecule has 3 heterocycles. The molecule has 2 saturated heterocycles. The van der Waals surface area contributed by atoms with Crippen LogP contribution in [0.15, 0.2) is 0 Å². The van der Waals surface area contributed by atoms with Crippen LogP contribution in [0, 0.1) is 19.8 Å². The normalized spacial score (nSPS) is 26.8. The molecule has 118 valence electrons. The van der Waals surface area contributed by atoms with Gasteiger partial charge in [0.25, 0.3) is 0 Å². The predicted octanol–water partition coefficient (Wildman–Crippen LogP) is 1.49. The number of aliphatic hydroxyl groups excluding tert-OH is 1. The zero-order chi connectivity index (χ0) is 14.8. The smallest absolute Gasteiger partial charge is 0.0644 e. The van der Waals surface area contributed by atoms with Gasteiger partial charge in [-0.1, -0.05) is 0 Å². The van der Waals surface area contributed by atoms with E-state index in [0.29, 0.717) is 18.6 Å². The van der Waals surface area contributed by atoms with E-state index >= 15 is 0 Å². The van der Waals surface area contributed by atoms with Gasteiger partial charge in [-0.3, -0.25) is 9.58 Å². The quantitative estimate of drug-likeness (QED) is 0.914. The van der Waals surface area contributed by atoms with Gasteiger partial charge in [0.2, 0.25) is 0 Å². The van der Waals surface area contributed by atoms with Crippen molar-refractivity contribution in [2.75, 3.05) is 26.3 Å². The first-order valence-electron chi connectivity index (χ1n) is 8.16. The van der Waals surface area contributed by atoms with E-state index in [1.54, 1.807) is 0 Å². The van der Waals surface area contributed by atoms with Crippen LogP contribution in [0.2, 0.25) is 0 Å². The average Bonchev–Trinajstić information content (AvgIpc) is 2.75. The summed E-state index contributed by atoms with van der Waals surface area (Å²) in [6.07, 6.45) is 4.17. The third kappa shape index (κ3) is 3.15. The van der Waals surface area contributed by atoms with Crippen LogP contribution >= 0.6 is 0 Å². The number of fused-ring (bicyclic) bond motifs is 1. The number of aromatic nitrogens is 2. The first-order valence-corrected chi connectivity index (χ1v) is 8.16. The Morgan fingerprint density at radius 3 is 3.00 bits per heavy atom. The molecule has 0 spiro atoms. The molecule has 0 aromatic carbocycles. The first-order chi connectivity index (χ1) is 10.2. The Labute approximate surface area is 126 Å². The van der Waals surface area contributed by atoms with Crippen LogP contribution in [0.25, 0.3) is 0 Å². The Bertz CT molecular complexity index is 486. The van der Waals surface area contributed by atoms with Gasteiger partial charge in [0.15, 0.2) is 0 Å². The molecule has 5 nitrogen and oxygen atoms in total. The van der Waals surface area contributed by atoms with Gasteiger partial charge in [-0.25, -0.2) is 0 Å². The lowest BCUT2D eigenvalue weighted by molar-refractivity contribution is -0.0676. The van der Waals surface area contributed by atoms with Crippen molar-refractivity contribution in [2.24, 2.45) is 5.92 Å². The van der Waals surface area contributed by atoms with Crippen molar-refractivity contribution in [1.29, 1.82) is 0 Å². The molecule has 2 aliphatic rings. The molecule has 21 heavy (non-hydrogen) atoms. The van der Waals surface area contributed by atoms with E-state index in [0.717, 1.165) is 38.4 Å². The first kappa shape index (κ1) is 15.0. The monoisotopic (exact) mass is 293 g/mol. The summed E-state index contributed by atoms with van der Waals surface area (Å²) >= 11 is 0. The Morgan fingerprint density at radius 1 is 1.33 bits per heavy atom. The van der Waals surface area contributed by atoms with Crippen LogP contribution < -0.4 is 0 Å². The number of rotatable bonds is 4. The zero-order valence-electron chi connectivity index (χ0n) is 13.2. The number of piperidine rings is 1. The second-order valence-electron chi connectivity index (χ2n) is 6.43. The fourth-order valence-corrected chi connectivity index (χ4v) is 3.81. The van der Waals surface area contributed by atoms with Gasteiger partial charge in [0.05, 0.1) is 24.9 Å². The summed E-state index contributed by atoms with van der Waals surface area (Å²) < 4.78 is 7.82. The Balaban J connectivity index is 1.66. The van der Waals surface area contributed by atoms with Crippen LogP contribution in [0.3, 0.4) is 0 Å². The van der Waals surface area contributed by atoms with Crippen molar-refractivity contribution in [2.45, 2.75) is 52.3 Å². The maximum Gasteiger partial charge on any atom is 0.0644 e. The highest BCUT2D eigenvalue weighted by molar-refractivity contribution is 5.24. The number of hydrogen-bond donors (Lipinski definition) is 1. The summed E-state index contributed by atoms with van der Waals surface area (Å²) in [6.45, 7) is 9.12. The molecule has 2 unspecified atom stereocenters. The summed E-state index contributed by atoms with van der Waals surface area (Å²) in [7, 11) is 0. The highest BCUT2D eigenvalue weighted by Gasteiger charge is 2.32. The molecule has 0 radical (unpaired) electrons. The van der Waals surface area contributed by atoms with E-state index in [4.69, 9.17) is 9.84 Å². The fourth-order valence-electron chi connectivity index (χ4n) is 3.81. The summed E-state index contributed by atoms with van der Waals surface area (Å²) in [5.74, 6) is 0.709. The van der Waals surface area contributed by atoms with Crippen molar-refractivity contribution in [3.05, 3.63) is 17.0 Å². The molecule has 2 fully saturated rings. The van der Waals surface area contributed by atoms with Gasteiger partial charge in [-0.15, -0.1) is 0 Å². The lowest BCUT2D eigenvalue weighted by atomic mass is 9.88. The Kier molecular flexibility index (Phi) is 4.62. The molecular weight excluding hydrogens is 266 g/mol. The van der Waals surface area contributed by atoms with Gasteiger partial charge in [-0.05, 0) is 39.0 Å². The van der Waals surface area contributed by atoms with E-state index in [9.17, 15) is 0 Å². The third-order valence-electron chi connectivity index (χ3n) is 5.02. The molecule has 0 aliphatic carbocycles. The minimum Gasteiger partial charge on any atom is -0.394 e. The molecular formula is C16H27N3O2. The fraction of sp³-hybridized carbons (Fsp3) is 0.812. The van der Waals surface area contributed by atoms with E-state index in [2.05, 4.69) is 23.8 Å². The van der Waals surface area contributed by atoms with Crippen molar-refractivity contribution in [3.8, 4) is 0 Å². The van der Waals surface area contributed by atoms with Crippen molar-refractivity contribution < 1.29 is 9.84 Å². The number of aliphatic hydroxyl groups is 1. The van der Waals surface area contributed by atoms with Gasteiger partial charge in [-0.2, -0.15) is 5.10 Å². The predicted molar refractivity (Wildman–Crippen MR) is 81.1 cm³/mol. The summed E-state index contributed by atoms with van der Waals surface area (Å²) in [4.78, 5) is 2.55. The SMILES string of the molecule is Cc1nn(CCO)c(C)c1CN1CCC2OCCCC2C1. The molecule has 1 aromatic rings. The number of likely N-dealkylation sites (tertiary alicyclic amines) is 1. The maximum atomic E-state index is 9.11. The standard InChI is InChI=1S/C16H27N3O2/c1-12-15(13(2)19(17-12)7-8-20)11-18-6-5-16-14(10-18)4-3-9-21-16/h14,16,20H,3-11H2,1-2H3. The lowest BCUT2D eigenvalue weighted by Crippen LogP contribution is -2.45. The van der Waals surface area contributed by atoms with Crippen LogP contribution in [0.5, 0.6) is 0 Å². The van der Waals surface area contributed by atoms with Crippen molar-refractivity contribution >= 4 is 0 Å². The van der Waals surface area contributed by atoms with Gasteiger partial charge in [0.1, 0.15) is 0 Å². The molecule has 5 heteroatoms. The van der Waals surface area contributed by atoms with Crippen LogP contribution in [-0.2, 0) is 17.8 Å². The number of nitrogens with zero attached hydrogens (tertiary/aromatic N) is 3. The van der Waals surface area contributed by atoms with Crippen molar-refractivity contribution in [3.63, 3.8) is 0 Å². The second kappa shape index (κ2) is 6.46. The van der Waals surface area contributed by atoms with Crippen molar-refractivity contribution in [1.82, 2.24) is 14.7 Å². The molecule has 0 saturated carbocycles. The molecule has 0 amide bonds. The third-order valence-corrected chi connectivity index (χ3v) is 5.02. The summed E-state index contributed by atoms with van der Waals surface area (Å²) in [5, 5.41) is 13.7. The molecule has 0 bridgehead atoms. The van der Waals surface area contributed by atoms with Crippen LogP contribution in [-0.4, -0.2) is 52.2 Å². The number of hydrogen-bond acceptors (Lipinski definition) is 4. The molecule has 2 aliphatic heterocycles. The highest BCUT2D eigenvalue weighted by atomic mass is 16.5. The minimum absolute atomic E-state index is 0.145. The van der Waals surface area contributed by atoms with E-state index in [1.807, 2.05) is 4.68 Å². The van der Waals surface area contributed by atoms with Gasteiger partial charge in [0, 0.05) is 37.5 Å². The van der Waals surface area contributed by atoms with Crippen LogP contribution in [0.1, 0.15) is 36.2 Å². The topological polar surface area (TPSA) is 50.5 Å². The highest BCUT2D eigenvalue weighted by Crippen LogP contribution is 2.29. The average molecular weight is 293 g/mol. The molecule has 1 N–H and O–H groups in total. The molecule has 2 atom stereocenters. The lowest BCUT2D eigenvalue weighted by Gasteiger charge is -2.41. The Hall–Kier alpha value is -0.910. The molecule has 1 aromatic heterocycles. The molecule has 3 rings (SSSR count). The zero-order valence-corrected chi connectivity index (χ0v) is 13.2.